The van der Waals surface area contributed by atoms with Crippen molar-refractivity contribution < 1.29 is 4.74 Å². The third-order valence-electron chi connectivity index (χ3n) is 2.03. The lowest BCUT2D eigenvalue weighted by atomic mass is 10.3. The Morgan fingerprint density at radius 1 is 1.25 bits per heavy atom. The molecule has 2 aromatic rings. The Morgan fingerprint density at radius 3 is 2.56 bits per heavy atom. The van der Waals surface area contributed by atoms with Crippen LogP contribution in [0, 0.1) is 6.92 Å². The van der Waals surface area contributed by atoms with Crippen molar-refractivity contribution in [3.63, 3.8) is 0 Å². The van der Waals surface area contributed by atoms with Gasteiger partial charge in [-0.3, -0.25) is 0 Å². The van der Waals surface area contributed by atoms with Gasteiger partial charge in [-0.2, -0.15) is 0 Å². The topological polar surface area (TPSA) is 22.1 Å². The first-order valence-electron chi connectivity index (χ1n) is 4.71. The predicted octanol–water partition coefficient (Wildman–Crippen LogP) is 4.60. The molecule has 0 aliphatic rings. The summed E-state index contributed by atoms with van der Waals surface area (Å²) < 4.78 is 6.57. The Balaban J connectivity index is 2.23. The molecule has 0 bridgehead atoms. The average Bonchev–Trinajstić information content (AvgIpc) is 2.25. The van der Waals surface area contributed by atoms with Gasteiger partial charge in [-0.05, 0) is 53.2 Å². The molecule has 4 heteroatoms. The van der Waals surface area contributed by atoms with Crippen LogP contribution in [0.4, 0.5) is 0 Å². The van der Waals surface area contributed by atoms with E-state index < -0.39 is 0 Å². The van der Waals surface area contributed by atoms with Crippen molar-refractivity contribution in [1.29, 1.82) is 0 Å². The summed E-state index contributed by atoms with van der Waals surface area (Å²) in [6.45, 7) is 1.95. The number of benzene rings is 1. The van der Waals surface area contributed by atoms with Crippen molar-refractivity contribution in [3.05, 3.63) is 51.6 Å². The Labute approximate surface area is 107 Å². The van der Waals surface area contributed by atoms with E-state index in [-0.39, 0.29) is 0 Å². The summed E-state index contributed by atoms with van der Waals surface area (Å²) in [4.78, 5) is 4.19. The van der Waals surface area contributed by atoms with E-state index in [1.54, 1.807) is 18.3 Å². The monoisotopic (exact) mass is 297 g/mol. The summed E-state index contributed by atoms with van der Waals surface area (Å²) >= 11 is 9.15. The van der Waals surface area contributed by atoms with Crippen molar-refractivity contribution >= 4 is 27.5 Å². The van der Waals surface area contributed by atoms with E-state index in [0.29, 0.717) is 10.9 Å². The lowest BCUT2D eigenvalue weighted by Gasteiger charge is -2.07. The number of ether oxygens (including phenoxy) is 1. The van der Waals surface area contributed by atoms with Crippen LogP contribution in [-0.4, -0.2) is 4.98 Å². The van der Waals surface area contributed by atoms with Gasteiger partial charge in [0.2, 0.25) is 5.88 Å². The molecule has 2 nitrogen and oxygen atoms in total. The van der Waals surface area contributed by atoms with Crippen molar-refractivity contribution in [1.82, 2.24) is 4.98 Å². The molecule has 2 rings (SSSR count). The molecule has 0 amide bonds. The zero-order valence-electron chi connectivity index (χ0n) is 8.58. The Morgan fingerprint density at radius 2 is 1.94 bits per heavy atom. The summed E-state index contributed by atoms with van der Waals surface area (Å²) in [5.41, 5.74) is 0.976. The highest BCUT2D eigenvalue weighted by Gasteiger charge is 2.03. The number of aromatic nitrogens is 1. The summed E-state index contributed by atoms with van der Waals surface area (Å²) in [5, 5.41) is 0.688. The number of hydrogen-bond donors (Lipinski definition) is 0. The molecule has 0 atom stereocenters. The highest BCUT2D eigenvalue weighted by molar-refractivity contribution is 9.10. The maximum absolute atomic E-state index is 5.79. The molecule has 0 fully saturated rings. The molecule has 0 N–H and O–H groups in total. The smallest absolute Gasteiger partial charge is 0.222 e. The van der Waals surface area contributed by atoms with Gasteiger partial charge in [0.05, 0.1) is 0 Å². The average molecular weight is 299 g/mol. The van der Waals surface area contributed by atoms with Crippen molar-refractivity contribution in [2.75, 3.05) is 0 Å². The molecule has 0 radical (unpaired) electrons. The Kier molecular flexibility index (Phi) is 3.46. The summed E-state index contributed by atoms with van der Waals surface area (Å²) in [7, 11) is 0. The molecule has 16 heavy (non-hydrogen) atoms. The van der Waals surface area contributed by atoms with Gasteiger partial charge < -0.3 is 4.74 Å². The van der Waals surface area contributed by atoms with Crippen LogP contribution < -0.4 is 4.74 Å². The predicted molar refractivity (Wildman–Crippen MR) is 68.2 cm³/mol. The lowest BCUT2D eigenvalue weighted by molar-refractivity contribution is 0.459. The molecule has 0 aliphatic heterocycles. The van der Waals surface area contributed by atoms with Crippen LogP contribution in [-0.2, 0) is 0 Å². The van der Waals surface area contributed by atoms with Crippen LogP contribution in [0.5, 0.6) is 11.6 Å². The second-order valence-corrected chi connectivity index (χ2v) is 4.68. The second-order valence-electron chi connectivity index (χ2n) is 3.33. The van der Waals surface area contributed by atoms with Gasteiger partial charge in [0.1, 0.15) is 5.75 Å². The van der Waals surface area contributed by atoms with E-state index in [1.165, 1.54) is 0 Å². The van der Waals surface area contributed by atoms with Crippen LogP contribution in [0.25, 0.3) is 0 Å². The fourth-order valence-electron chi connectivity index (χ4n) is 1.25. The quantitative estimate of drug-likeness (QED) is 0.808. The fourth-order valence-corrected chi connectivity index (χ4v) is 1.82. The number of hydrogen-bond acceptors (Lipinski definition) is 2. The van der Waals surface area contributed by atoms with E-state index in [9.17, 15) is 0 Å². The molecule has 0 saturated carbocycles. The zero-order valence-corrected chi connectivity index (χ0v) is 10.9. The number of pyridine rings is 1. The van der Waals surface area contributed by atoms with Crippen LogP contribution in [0.15, 0.2) is 41.0 Å². The third-order valence-corrected chi connectivity index (χ3v) is 2.71. The Hall–Kier alpha value is -1.06. The summed E-state index contributed by atoms with van der Waals surface area (Å²) in [5.74, 6) is 1.33. The maximum atomic E-state index is 5.79. The van der Waals surface area contributed by atoms with Crippen molar-refractivity contribution in [2.45, 2.75) is 6.92 Å². The standard InChI is InChI=1S/C12H9BrClNO/c1-8-6-9(13)7-15-12(8)16-11-4-2-10(14)3-5-11/h2-7H,1H3. The molecule has 0 spiro atoms. The van der Waals surface area contributed by atoms with E-state index in [1.807, 2.05) is 25.1 Å². The summed E-state index contributed by atoms with van der Waals surface area (Å²) in [6, 6.07) is 9.14. The fraction of sp³-hybridized carbons (Fsp3) is 0.0833. The molecular formula is C12H9BrClNO. The first-order chi connectivity index (χ1) is 7.65. The first kappa shape index (κ1) is 11.4. The van der Waals surface area contributed by atoms with Crippen LogP contribution in [0.1, 0.15) is 5.56 Å². The van der Waals surface area contributed by atoms with E-state index in [2.05, 4.69) is 20.9 Å². The van der Waals surface area contributed by atoms with Gasteiger partial charge in [0, 0.05) is 21.3 Å². The van der Waals surface area contributed by atoms with E-state index in [4.69, 9.17) is 16.3 Å². The SMILES string of the molecule is Cc1cc(Br)cnc1Oc1ccc(Cl)cc1. The highest BCUT2D eigenvalue weighted by atomic mass is 79.9. The summed E-state index contributed by atoms with van der Waals surface area (Å²) in [6.07, 6.45) is 1.71. The van der Waals surface area contributed by atoms with Crippen molar-refractivity contribution in [2.24, 2.45) is 0 Å². The molecule has 0 unspecified atom stereocenters. The Bertz CT molecular complexity index is 499. The van der Waals surface area contributed by atoms with Gasteiger partial charge in [0.25, 0.3) is 0 Å². The van der Waals surface area contributed by atoms with Gasteiger partial charge in [0.15, 0.2) is 0 Å². The normalized spacial score (nSPS) is 10.2. The minimum atomic E-state index is 0.602. The number of rotatable bonds is 2. The lowest BCUT2D eigenvalue weighted by Crippen LogP contribution is -1.90. The maximum Gasteiger partial charge on any atom is 0.222 e. The molecule has 1 aromatic carbocycles. The largest absolute Gasteiger partial charge is 0.439 e. The molecule has 0 saturated heterocycles. The number of aryl methyl sites for hydroxylation is 1. The van der Waals surface area contributed by atoms with Crippen LogP contribution >= 0.6 is 27.5 Å². The first-order valence-corrected chi connectivity index (χ1v) is 5.88. The minimum absolute atomic E-state index is 0.602. The van der Waals surface area contributed by atoms with E-state index >= 15 is 0 Å². The van der Waals surface area contributed by atoms with Gasteiger partial charge in [-0.1, -0.05) is 11.6 Å². The molecule has 82 valence electrons. The number of nitrogens with zero attached hydrogens (tertiary/aromatic N) is 1. The van der Waals surface area contributed by atoms with Gasteiger partial charge in [-0.25, -0.2) is 4.98 Å². The third kappa shape index (κ3) is 2.74. The minimum Gasteiger partial charge on any atom is -0.439 e. The van der Waals surface area contributed by atoms with Gasteiger partial charge >= 0.3 is 0 Å². The zero-order chi connectivity index (χ0) is 11.5. The van der Waals surface area contributed by atoms with Crippen LogP contribution in [0.3, 0.4) is 0 Å². The van der Waals surface area contributed by atoms with Crippen molar-refractivity contribution in [3.8, 4) is 11.6 Å². The molecule has 1 aromatic heterocycles. The highest BCUT2D eigenvalue weighted by Crippen LogP contribution is 2.25. The van der Waals surface area contributed by atoms with Crippen LogP contribution in [0.2, 0.25) is 5.02 Å². The second kappa shape index (κ2) is 4.85. The van der Waals surface area contributed by atoms with E-state index in [0.717, 1.165) is 15.8 Å². The molecule has 1 heterocycles. The van der Waals surface area contributed by atoms with Gasteiger partial charge in [-0.15, -0.1) is 0 Å². The molecular weight excluding hydrogens is 289 g/mol. The molecule has 0 aliphatic carbocycles. The number of halogens is 2.